The van der Waals surface area contributed by atoms with Crippen LogP contribution in [0.5, 0.6) is 0 Å². The molecule has 0 spiro atoms. The highest BCUT2D eigenvalue weighted by molar-refractivity contribution is 7.11. The molecule has 0 aromatic heterocycles. The third-order valence-electron chi connectivity index (χ3n) is 8.44. The molecule has 0 saturated heterocycles. The molecule has 0 atom stereocenters. The average Bonchev–Trinajstić information content (AvgIpc) is 3.16. The first-order valence-electron chi connectivity index (χ1n) is 15.9. The first-order valence-corrected chi connectivity index (χ1v) is 21.1. The Morgan fingerprint density at radius 1 is 0.380 bits per heavy atom. The molecule has 6 rings (SSSR count). The van der Waals surface area contributed by atoms with E-state index in [2.05, 4.69) is 0 Å². The molecule has 6 aromatic rings. The van der Waals surface area contributed by atoms with Crippen LogP contribution in [0.4, 0.5) is 22.0 Å². The minimum atomic E-state index is -5.84. The SMILES string of the molecule is FC(F)(F)C(F)(F)C[O][Al]([O][Si](c1ccccc1)(c1ccccc1)c1ccccc1)[O][Si](c1ccccc1)(c1ccccc1)c1ccccc1. The molecular weight excluding hydrogens is 695 g/mol. The van der Waals surface area contributed by atoms with Crippen LogP contribution in [0, 0.1) is 0 Å². The summed E-state index contributed by atoms with van der Waals surface area (Å²) < 4.78 is 90.7. The van der Waals surface area contributed by atoms with Crippen LogP contribution in [0.25, 0.3) is 0 Å². The molecule has 6 aromatic carbocycles. The van der Waals surface area contributed by atoms with Crippen LogP contribution in [-0.4, -0.2) is 50.5 Å². The third-order valence-corrected chi connectivity index (χ3v) is 20.1. The Morgan fingerprint density at radius 3 is 0.800 bits per heavy atom. The second-order valence-electron chi connectivity index (χ2n) is 11.6. The topological polar surface area (TPSA) is 27.7 Å². The zero-order valence-electron chi connectivity index (χ0n) is 26.7. The Kier molecular flexibility index (Phi) is 11.0. The Balaban J connectivity index is 1.61. The summed E-state index contributed by atoms with van der Waals surface area (Å²) in [6.45, 7) is -1.96. The molecule has 0 aliphatic heterocycles. The molecule has 252 valence electrons. The van der Waals surface area contributed by atoms with Gasteiger partial charge in [-0.25, -0.2) is 0 Å². The Morgan fingerprint density at radius 2 is 0.600 bits per heavy atom. The fourth-order valence-electron chi connectivity index (χ4n) is 6.08. The molecule has 0 bridgehead atoms. The predicted octanol–water partition coefficient (Wildman–Crippen LogP) is 5.55. The molecule has 3 nitrogen and oxygen atoms in total. The quantitative estimate of drug-likeness (QED) is 0.0888. The summed E-state index contributed by atoms with van der Waals surface area (Å²) in [5.74, 6) is -5.15. The van der Waals surface area contributed by atoms with E-state index in [4.69, 9.17) is 10.7 Å². The standard InChI is InChI=1S/2C18H15OSi.C3H2F5O.Al/c2*19-20(16-10-4-1-5-11-16,17-12-6-2-7-13-17)18-14-8-3-9-15-18;4-2(5,1-9)3(6,7)8;/h2*1-15H;1H2;/q3*-1;+3. The molecule has 0 aliphatic rings. The van der Waals surface area contributed by atoms with Gasteiger partial charge >= 0.3 is 27.2 Å². The van der Waals surface area contributed by atoms with Crippen molar-refractivity contribution in [3.63, 3.8) is 0 Å². The summed E-state index contributed by atoms with van der Waals surface area (Å²) in [5.41, 5.74) is 0. The van der Waals surface area contributed by atoms with Crippen LogP contribution in [0.15, 0.2) is 182 Å². The zero-order chi connectivity index (χ0) is 35.1. The monoisotopic (exact) mass is 726 g/mol. The largest absolute Gasteiger partial charge is 0.884 e. The fourth-order valence-corrected chi connectivity index (χ4v) is 19.1. The van der Waals surface area contributed by atoms with Crippen LogP contribution in [-0.2, 0) is 10.7 Å². The molecule has 0 unspecified atom stereocenters. The summed E-state index contributed by atoms with van der Waals surface area (Å²) in [7, 11) is -7.45. The Hall–Kier alpha value is -4.18. The maximum absolute atomic E-state index is 14.8. The minimum Gasteiger partial charge on any atom is -0.489 e. The van der Waals surface area contributed by atoms with Gasteiger partial charge in [0, 0.05) is 0 Å². The van der Waals surface area contributed by atoms with Crippen LogP contribution in [0.2, 0.25) is 0 Å². The Bertz CT molecular complexity index is 1600. The molecule has 0 radical (unpaired) electrons. The van der Waals surface area contributed by atoms with E-state index < -0.39 is 50.5 Å². The van der Waals surface area contributed by atoms with Crippen molar-refractivity contribution >= 4 is 62.9 Å². The molecule has 0 saturated carbocycles. The molecule has 0 amide bonds. The fraction of sp³-hybridized carbons (Fsp3) is 0.0769. The van der Waals surface area contributed by atoms with Crippen molar-refractivity contribution in [2.24, 2.45) is 0 Å². The maximum atomic E-state index is 14.8. The van der Waals surface area contributed by atoms with Gasteiger partial charge in [-0.05, 0) is 31.1 Å². The van der Waals surface area contributed by atoms with Crippen molar-refractivity contribution in [3.05, 3.63) is 182 Å². The van der Waals surface area contributed by atoms with E-state index in [9.17, 15) is 22.0 Å². The highest BCUT2D eigenvalue weighted by atomic mass is 28.4. The van der Waals surface area contributed by atoms with Gasteiger partial charge in [-0.3, -0.25) is 0 Å². The van der Waals surface area contributed by atoms with Crippen molar-refractivity contribution in [1.29, 1.82) is 0 Å². The van der Waals surface area contributed by atoms with E-state index in [1.807, 2.05) is 182 Å². The van der Waals surface area contributed by atoms with Crippen LogP contribution >= 0.6 is 0 Å². The highest BCUT2D eigenvalue weighted by Crippen LogP contribution is 2.36. The van der Waals surface area contributed by atoms with Gasteiger partial charge in [0.15, 0.2) is 0 Å². The van der Waals surface area contributed by atoms with Gasteiger partial charge in [0.1, 0.15) is 0 Å². The molecular formula is C39H32AlF5O3Si2. The predicted molar refractivity (Wildman–Crippen MR) is 193 cm³/mol. The maximum Gasteiger partial charge on any atom is 0.884 e. The summed E-state index contributed by atoms with van der Waals surface area (Å²) in [5, 5.41) is 4.48. The van der Waals surface area contributed by atoms with Gasteiger partial charge < -0.3 is 10.7 Å². The van der Waals surface area contributed by atoms with Crippen LogP contribution in [0.1, 0.15) is 0 Å². The smallest absolute Gasteiger partial charge is 0.489 e. The van der Waals surface area contributed by atoms with Crippen LogP contribution in [0.3, 0.4) is 0 Å². The van der Waals surface area contributed by atoms with E-state index in [0.29, 0.717) is 0 Å². The van der Waals surface area contributed by atoms with Crippen molar-refractivity contribution in [3.8, 4) is 0 Å². The first-order chi connectivity index (χ1) is 24.2. The van der Waals surface area contributed by atoms with E-state index in [0.717, 1.165) is 31.1 Å². The molecule has 0 aliphatic carbocycles. The minimum absolute atomic E-state index is 0.746. The first kappa shape index (κ1) is 35.6. The van der Waals surface area contributed by atoms with Gasteiger partial charge in [0.25, 0.3) is 16.6 Å². The number of hydrogen-bond donors (Lipinski definition) is 0. The Labute approximate surface area is 295 Å². The van der Waals surface area contributed by atoms with Crippen molar-refractivity contribution < 1.29 is 32.7 Å². The second kappa shape index (κ2) is 15.4. The number of benzene rings is 6. The lowest BCUT2D eigenvalue weighted by Crippen LogP contribution is -2.75. The number of halogens is 5. The highest BCUT2D eigenvalue weighted by Gasteiger charge is 2.60. The zero-order valence-corrected chi connectivity index (χ0v) is 29.9. The summed E-state index contributed by atoms with van der Waals surface area (Å²) in [6.07, 6.45) is -5.84. The lowest BCUT2D eigenvalue weighted by atomic mass is 10.3. The lowest BCUT2D eigenvalue weighted by Gasteiger charge is -2.40. The third kappa shape index (κ3) is 7.31. The normalized spacial score (nSPS) is 12.4. The molecule has 0 heterocycles. The van der Waals surface area contributed by atoms with Crippen molar-refractivity contribution in [2.45, 2.75) is 12.1 Å². The van der Waals surface area contributed by atoms with E-state index >= 15 is 0 Å². The molecule has 0 N–H and O–H groups in total. The molecule has 11 heteroatoms. The van der Waals surface area contributed by atoms with Crippen molar-refractivity contribution in [1.82, 2.24) is 0 Å². The number of alkyl halides is 5. The van der Waals surface area contributed by atoms with Gasteiger partial charge in [0.05, 0.1) is 6.61 Å². The van der Waals surface area contributed by atoms with Gasteiger partial charge in [-0.15, -0.1) is 0 Å². The van der Waals surface area contributed by atoms with E-state index in [-0.39, 0.29) is 0 Å². The van der Waals surface area contributed by atoms with Crippen molar-refractivity contribution in [2.75, 3.05) is 6.61 Å². The van der Waals surface area contributed by atoms with E-state index in [1.54, 1.807) is 0 Å². The van der Waals surface area contributed by atoms with E-state index in [1.165, 1.54) is 0 Å². The van der Waals surface area contributed by atoms with Crippen LogP contribution < -0.4 is 31.1 Å². The summed E-state index contributed by atoms with van der Waals surface area (Å²) >= 11 is -4.03. The average molecular weight is 727 g/mol. The van der Waals surface area contributed by atoms with Gasteiger partial charge in [0.2, 0.25) is 0 Å². The number of rotatable bonds is 13. The van der Waals surface area contributed by atoms with Gasteiger partial charge in [-0.1, -0.05) is 182 Å². The van der Waals surface area contributed by atoms with Gasteiger partial charge in [-0.2, -0.15) is 22.0 Å². The molecule has 0 fully saturated rings. The second-order valence-corrected chi connectivity index (χ2v) is 20.6. The molecule has 50 heavy (non-hydrogen) atoms. The summed E-state index contributed by atoms with van der Waals surface area (Å²) in [6, 6.07) is 55.9. The number of hydrogen-bond acceptors (Lipinski definition) is 3. The summed E-state index contributed by atoms with van der Waals surface area (Å²) in [4.78, 5) is 0. The lowest BCUT2D eigenvalue weighted by molar-refractivity contribution is -0.291.